The van der Waals surface area contributed by atoms with Gasteiger partial charge in [0.1, 0.15) is 0 Å². The summed E-state index contributed by atoms with van der Waals surface area (Å²) >= 11 is 0. The van der Waals surface area contributed by atoms with Crippen molar-refractivity contribution in [3.05, 3.63) is 34.9 Å². The molecule has 1 rings (SSSR count). The maximum atomic E-state index is 3.71. The summed E-state index contributed by atoms with van der Waals surface area (Å²) < 4.78 is 0. The molecule has 1 nitrogen and oxygen atoms in total. The van der Waals surface area contributed by atoms with Gasteiger partial charge in [-0.2, -0.15) is 0 Å². The molecule has 0 amide bonds. The minimum absolute atomic E-state index is 0.510. The number of rotatable bonds is 8. The van der Waals surface area contributed by atoms with Crippen molar-refractivity contribution >= 4 is 0 Å². The van der Waals surface area contributed by atoms with Crippen LogP contribution >= 0.6 is 0 Å². The van der Waals surface area contributed by atoms with Gasteiger partial charge < -0.3 is 5.32 Å². The smallest absolute Gasteiger partial charge is 0.0322 e. The highest BCUT2D eigenvalue weighted by Crippen LogP contribution is 2.24. The minimum Gasteiger partial charge on any atom is -0.310 e. The molecular weight excluding hydrogens is 230 g/mol. The standard InChI is InChI=1S/C18H31N/c1-6-11-19-18(12-14(4)5)17-10-9-15(7-2)16(8-3)13-17/h9-10,13-14,18-19H,6-8,11-12H2,1-5H3. The Labute approximate surface area is 119 Å². The van der Waals surface area contributed by atoms with Crippen LogP contribution < -0.4 is 5.32 Å². The second-order valence-electron chi connectivity index (χ2n) is 5.87. The Bertz CT molecular complexity index is 368. The molecule has 0 aliphatic carbocycles. The van der Waals surface area contributed by atoms with Crippen molar-refractivity contribution in [3.63, 3.8) is 0 Å². The molecular formula is C18H31N. The highest BCUT2D eigenvalue weighted by atomic mass is 14.9. The molecule has 0 aliphatic heterocycles. The summed E-state index contributed by atoms with van der Waals surface area (Å²) in [5.74, 6) is 0.727. The lowest BCUT2D eigenvalue weighted by molar-refractivity contribution is 0.430. The van der Waals surface area contributed by atoms with Crippen molar-refractivity contribution in [2.75, 3.05) is 6.54 Å². The molecule has 108 valence electrons. The van der Waals surface area contributed by atoms with E-state index in [1.807, 2.05) is 0 Å². The van der Waals surface area contributed by atoms with Crippen LogP contribution in [0.4, 0.5) is 0 Å². The average Bonchev–Trinajstić information content (AvgIpc) is 2.42. The van der Waals surface area contributed by atoms with Crippen molar-refractivity contribution < 1.29 is 0 Å². The van der Waals surface area contributed by atoms with Crippen LogP contribution in [0.5, 0.6) is 0 Å². The molecule has 0 saturated heterocycles. The number of hydrogen-bond acceptors (Lipinski definition) is 1. The van der Waals surface area contributed by atoms with Gasteiger partial charge in [-0.15, -0.1) is 0 Å². The van der Waals surface area contributed by atoms with E-state index in [9.17, 15) is 0 Å². The SMILES string of the molecule is CCCNC(CC(C)C)c1ccc(CC)c(CC)c1. The van der Waals surface area contributed by atoms with Crippen molar-refractivity contribution in [2.45, 2.75) is 66.3 Å². The van der Waals surface area contributed by atoms with E-state index in [0.717, 1.165) is 25.3 Å². The Morgan fingerprint density at radius 3 is 2.21 bits per heavy atom. The van der Waals surface area contributed by atoms with Crippen LogP contribution in [0, 0.1) is 5.92 Å². The van der Waals surface area contributed by atoms with Crippen LogP contribution in [0.15, 0.2) is 18.2 Å². The van der Waals surface area contributed by atoms with Gasteiger partial charge in [0.05, 0.1) is 0 Å². The average molecular weight is 261 g/mol. The first-order valence-corrected chi connectivity index (χ1v) is 7.97. The van der Waals surface area contributed by atoms with Crippen LogP contribution in [0.1, 0.15) is 70.2 Å². The minimum atomic E-state index is 0.510. The van der Waals surface area contributed by atoms with E-state index in [1.54, 1.807) is 0 Å². The van der Waals surface area contributed by atoms with E-state index >= 15 is 0 Å². The number of benzene rings is 1. The van der Waals surface area contributed by atoms with E-state index in [2.05, 4.69) is 58.1 Å². The zero-order valence-electron chi connectivity index (χ0n) is 13.4. The van der Waals surface area contributed by atoms with Crippen LogP contribution in [0.2, 0.25) is 0 Å². The normalized spacial score (nSPS) is 12.9. The van der Waals surface area contributed by atoms with Crippen LogP contribution in [-0.2, 0) is 12.8 Å². The van der Waals surface area contributed by atoms with Gasteiger partial charge in [-0.1, -0.05) is 52.8 Å². The molecule has 0 aliphatic rings. The Morgan fingerprint density at radius 2 is 1.68 bits per heavy atom. The van der Waals surface area contributed by atoms with E-state index < -0.39 is 0 Å². The molecule has 0 aromatic heterocycles. The molecule has 0 fully saturated rings. The molecule has 1 aromatic carbocycles. The number of nitrogens with one attached hydrogen (secondary N) is 1. The molecule has 1 unspecified atom stereocenters. The van der Waals surface area contributed by atoms with Gasteiger partial charge in [0.25, 0.3) is 0 Å². The van der Waals surface area contributed by atoms with Crippen LogP contribution in [-0.4, -0.2) is 6.54 Å². The van der Waals surface area contributed by atoms with E-state index in [4.69, 9.17) is 0 Å². The van der Waals surface area contributed by atoms with E-state index in [0.29, 0.717) is 6.04 Å². The molecule has 1 aromatic rings. The van der Waals surface area contributed by atoms with Crippen molar-refractivity contribution in [1.82, 2.24) is 5.32 Å². The molecule has 1 N–H and O–H groups in total. The summed E-state index contributed by atoms with van der Waals surface area (Å²) in [7, 11) is 0. The number of hydrogen-bond donors (Lipinski definition) is 1. The van der Waals surface area contributed by atoms with Crippen molar-refractivity contribution in [1.29, 1.82) is 0 Å². The third-order valence-electron chi connectivity index (χ3n) is 3.74. The second kappa shape index (κ2) is 8.37. The fourth-order valence-corrected chi connectivity index (χ4v) is 2.66. The van der Waals surface area contributed by atoms with Gasteiger partial charge in [-0.25, -0.2) is 0 Å². The van der Waals surface area contributed by atoms with Crippen molar-refractivity contribution in [2.24, 2.45) is 5.92 Å². The second-order valence-corrected chi connectivity index (χ2v) is 5.87. The van der Waals surface area contributed by atoms with Crippen LogP contribution in [0.3, 0.4) is 0 Å². The number of aryl methyl sites for hydroxylation is 2. The lowest BCUT2D eigenvalue weighted by Crippen LogP contribution is -2.23. The zero-order chi connectivity index (χ0) is 14.3. The van der Waals surface area contributed by atoms with Gasteiger partial charge in [0, 0.05) is 6.04 Å². The summed E-state index contributed by atoms with van der Waals surface area (Å²) in [6, 6.07) is 7.59. The van der Waals surface area contributed by atoms with Gasteiger partial charge in [-0.3, -0.25) is 0 Å². The van der Waals surface area contributed by atoms with E-state index in [1.165, 1.54) is 29.5 Å². The summed E-state index contributed by atoms with van der Waals surface area (Å²) in [5.41, 5.74) is 4.49. The monoisotopic (exact) mass is 261 g/mol. The molecule has 0 spiro atoms. The predicted octanol–water partition coefficient (Wildman–Crippen LogP) is 4.90. The summed E-state index contributed by atoms with van der Waals surface area (Å²) in [6.45, 7) is 12.5. The highest BCUT2D eigenvalue weighted by molar-refractivity contribution is 5.33. The third-order valence-corrected chi connectivity index (χ3v) is 3.74. The van der Waals surface area contributed by atoms with Gasteiger partial charge in [0.2, 0.25) is 0 Å². The quantitative estimate of drug-likeness (QED) is 0.702. The largest absolute Gasteiger partial charge is 0.310 e. The topological polar surface area (TPSA) is 12.0 Å². The molecule has 0 heterocycles. The Morgan fingerprint density at radius 1 is 1.00 bits per heavy atom. The maximum absolute atomic E-state index is 3.71. The summed E-state index contributed by atoms with van der Waals surface area (Å²) in [5, 5.41) is 3.71. The zero-order valence-corrected chi connectivity index (χ0v) is 13.4. The molecule has 1 atom stereocenters. The van der Waals surface area contributed by atoms with Gasteiger partial charge >= 0.3 is 0 Å². The lowest BCUT2D eigenvalue weighted by Gasteiger charge is -2.22. The predicted molar refractivity (Wildman–Crippen MR) is 85.7 cm³/mol. The maximum Gasteiger partial charge on any atom is 0.0322 e. The van der Waals surface area contributed by atoms with E-state index in [-0.39, 0.29) is 0 Å². The Balaban J connectivity index is 2.93. The summed E-state index contributed by atoms with van der Waals surface area (Å²) in [4.78, 5) is 0. The Hall–Kier alpha value is -0.820. The lowest BCUT2D eigenvalue weighted by atomic mass is 9.92. The first-order valence-electron chi connectivity index (χ1n) is 7.97. The Kier molecular flexibility index (Phi) is 7.15. The fourth-order valence-electron chi connectivity index (χ4n) is 2.66. The molecule has 1 heteroatoms. The molecule has 0 bridgehead atoms. The van der Waals surface area contributed by atoms with Gasteiger partial charge in [-0.05, 0) is 54.8 Å². The fraction of sp³-hybridized carbons (Fsp3) is 0.667. The molecule has 0 radical (unpaired) electrons. The summed E-state index contributed by atoms with van der Waals surface area (Å²) in [6.07, 6.45) is 4.69. The highest BCUT2D eigenvalue weighted by Gasteiger charge is 2.13. The third kappa shape index (κ3) is 4.99. The first-order chi connectivity index (χ1) is 9.12. The van der Waals surface area contributed by atoms with Crippen LogP contribution in [0.25, 0.3) is 0 Å². The molecule has 0 saturated carbocycles. The molecule has 19 heavy (non-hydrogen) atoms. The van der Waals surface area contributed by atoms with Crippen molar-refractivity contribution in [3.8, 4) is 0 Å². The first kappa shape index (κ1) is 16.2. The van der Waals surface area contributed by atoms with Gasteiger partial charge in [0.15, 0.2) is 0 Å².